The average molecular weight is 449 g/mol. The number of nitrogens with zero attached hydrogens (tertiary/aromatic N) is 4. The normalized spacial score (nSPS) is 15.0. The molecular weight excluding hydrogens is 424 g/mol. The molecule has 0 amide bonds. The van der Waals surface area contributed by atoms with Gasteiger partial charge in [0, 0.05) is 19.3 Å². The van der Waals surface area contributed by atoms with Crippen molar-refractivity contribution in [3.8, 4) is 6.07 Å². The fourth-order valence-electron chi connectivity index (χ4n) is 3.92. The molecule has 0 aliphatic carbocycles. The first-order valence-electron chi connectivity index (χ1n) is 10.5. The minimum absolute atomic E-state index is 0.0140. The van der Waals surface area contributed by atoms with E-state index in [4.69, 9.17) is 4.98 Å². The zero-order valence-electron chi connectivity index (χ0n) is 18.1. The molecule has 2 aromatic heterocycles. The van der Waals surface area contributed by atoms with E-state index in [1.54, 1.807) is 30.5 Å². The van der Waals surface area contributed by atoms with Crippen LogP contribution in [-0.4, -0.2) is 30.9 Å². The van der Waals surface area contributed by atoms with Gasteiger partial charge in [0.2, 0.25) is 9.84 Å². The van der Waals surface area contributed by atoms with Crippen LogP contribution in [0.2, 0.25) is 0 Å². The first kappa shape index (κ1) is 21.8. The highest BCUT2D eigenvalue weighted by molar-refractivity contribution is 7.95. The molecule has 3 aromatic rings. The summed E-state index contributed by atoms with van der Waals surface area (Å²) in [6.07, 6.45) is 5.81. The number of benzene rings is 1. The number of anilines is 1. The average Bonchev–Trinajstić information content (AvgIpc) is 2.79. The van der Waals surface area contributed by atoms with Crippen LogP contribution in [0.1, 0.15) is 36.0 Å². The van der Waals surface area contributed by atoms with Crippen LogP contribution < -0.4 is 10.5 Å². The number of hydrogen-bond acceptors (Lipinski definition) is 6. The van der Waals surface area contributed by atoms with Crippen LogP contribution in [0.15, 0.2) is 57.2 Å². The first-order chi connectivity index (χ1) is 15.3. The zero-order chi connectivity index (χ0) is 22.9. The summed E-state index contributed by atoms with van der Waals surface area (Å²) in [5, 5.41) is 9.75. The Balaban J connectivity index is 1.96. The van der Waals surface area contributed by atoms with E-state index in [1.165, 1.54) is 22.6 Å². The topological polar surface area (TPSA) is 95.5 Å². The Morgan fingerprint density at radius 1 is 1.09 bits per heavy atom. The van der Waals surface area contributed by atoms with Crippen LogP contribution in [0.5, 0.6) is 0 Å². The second kappa shape index (κ2) is 8.60. The molecule has 0 atom stereocenters. The van der Waals surface area contributed by atoms with E-state index in [0.717, 1.165) is 43.5 Å². The third-order valence-corrected chi connectivity index (χ3v) is 7.41. The number of fused-ring (bicyclic) bond motifs is 1. The first-order valence-corrected chi connectivity index (χ1v) is 12.0. The fraction of sp³-hybridized carbons (Fsp3) is 0.292. The van der Waals surface area contributed by atoms with Crippen LogP contribution in [0.4, 0.5) is 5.82 Å². The van der Waals surface area contributed by atoms with Gasteiger partial charge in [-0.1, -0.05) is 23.8 Å². The number of rotatable bonds is 4. The summed E-state index contributed by atoms with van der Waals surface area (Å²) in [6.45, 7) is 5.18. The lowest BCUT2D eigenvalue weighted by atomic mass is 10.1. The maximum Gasteiger partial charge on any atom is 0.267 e. The molecule has 0 unspecified atom stereocenters. The van der Waals surface area contributed by atoms with Gasteiger partial charge < -0.3 is 4.90 Å². The molecule has 32 heavy (non-hydrogen) atoms. The lowest BCUT2D eigenvalue weighted by Gasteiger charge is -2.29. The van der Waals surface area contributed by atoms with Gasteiger partial charge in [0.15, 0.2) is 0 Å². The van der Waals surface area contributed by atoms with Crippen molar-refractivity contribution >= 4 is 27.4 Å². The van der Waals surface area contributed by atoms with Crippen molar-refractivity contribution in [3.05, 3.63) is 74.5 Å². The number of pyridine rings is 1. The van der Waals surface area contributed by atoms with Gasteiger partial charge in [-0.2, -0.15) is 5.26 Å². The predicted molar refractivity (Wildman–Crippen MR) is 124 cm³/mol. The SMILES string of the molecule is Cc1ccc(S(=O)(=O)/C(C#N)=C/c2c(N3CCCCC3)nc3c(C)cccn3c2=O)cc1. The molecule has 1 fully saturated rings. The minimum Gasteiger partial charge on any atom is -0.356 e. The van der Waals surface area contributed by atoms with Crippen molar-refractivity contribution in [2.45, 2.75) is 38.0 Å². The fourth-order valence-corrected chi connectivity index (χ4v) is 5.06. The monoisotopic (exact) mass is 448 g/mol. The van der Waals surface area contributed by atoms with Gasteiger partial charge in [-0.05, 0) is 62.9 Å². The smallest absolute Gasteiger partial charge is 0.267 e. The van der Waals surface area contributed by atoms with E-state index in [9.17, 15) is 18.5 Å². The Labute approximate surface area is 187 Å². The molecule has 0 saturated carbocycles. The summed E-state index contributed by atoms with van der Waals surface area (Å²) < 4.78 is 27.7. The van der Waals surface area contributed by atoms with E-state index in [-0.39, 0.29) is 10.5 Å². The Morgan fingerprint density at radius 3 is 2.44 bits per heavy atom. The lowest BCUT2D eigenvalue weighted by molar-refractivity contribution is 0.573. The molecule has 7 nitrogen and oxygen atoms in total. The summed E-state index contributed by atoms with van der Waals surface area (Å²) in [6, 6.07) is 11.7. The summed E-state index contributed by atoms with van der Waals surface area (Å²) in [7, 11) is -4.09. The largest absolute Gasteiger partial charge is 0.356 e. The second-order valence-corrected chi connectivity index (χ2v) is 9.94. The minimum atomic E-state index is -4.09. The highest BCUT2D eigenvalue weighted by Gasteiger charge is 2.25. The lowest BCUT2D eigenvalue weighted by Crippen LogP contribution is -2.33. The van der Waals surface area contributed by atoms with Crippen LogP contribution in [-0.2, 0) is 9.84 Å². The highest BCUT2D eigenvalue weighted by Crippen LogP contribution is 2.26. The van der Waals surface area contributed by atoms with E-state index < -0.39 is 20.3 Å². The zero-order valence-corrected chi connectivity index (χ0v) is 18.9. The van der Waals surface area contributed by atoms with Gasteiger partial charge >= 0.3 is 0 Å². The van der Waals surface area contributed by atoms with E-state index in [0.29, 0.717) is 11.5 Å². The number of allylic oxidation sites excluding steroid dienone is 1. The second-order valence-electron chi connectivity index (χ2n) is 8.02. The quantitative estimate of drug-likeness (QED) is 0.566. The van der Waals surface area contributed by atoms with Crippen LogP contribution in [0, 0.1) is 25.2 Å². The van der Waals surface area contributed by atoms with E-state index in [2.05, 4.69) is 0 Å². The molecule has 4 rings (SSSR count). The maximum absolute atomic E-state index is 13.5. The number of aromatic nitrogens is 2. The number of nitriles is 1. The van der Waals surface area contributed by atoms with E-state index >= 15 is 0 Å². The third kappa shape index (κ3) is 3.92. The number of sulfone groups is 1. The van der Waals surface area contributed by atoms with Gasteiger partial charge in [-0.3, -0.25) is 9.20 Å². The number of hydrogen-bond donors (Lipinski definition) is 0. The van der Waals surface area contributed by atoms with Crippen molar-refractivity contribution in [2.24, 2.45) is 0 Å². The van der Waals surface area contributed by atoms with E-state index in [1.807, 2.05) is 24.8 Å². The molecule has 8 heteroatoms. The highest BCUT2D eigenvalue weighted by atomic mass is 32.2. The van der Waals surface area contributed by atoms with Crippen LogP contribution >= 0.6 is 0 Å². The summed E-state index contributed by atoms with van der Waals surface area (Å²) in [5.74, 6) is 0.427. The molecule has 0 bridgehead atoms. The summed E-state index contributed by atoms with van der Waals surface area (Å²) >= 11 is 0. The standard InChI is InChI=1S/C24H24N4O3S/c1-17-8-10-19(11-9-17)32(30,31)20(16-25)15-21-23(27-12-4-3-5-13-27)26-22-18(2)7-6-14-28(22)24(21)29/h6-11,14-15H,3-5,12-13H2,1-2H3/b20-15+. The third-order valence-electron chi connectivity index (χ3n) is 5.73. The Hall–Kier alpha value is -3.44. The van der Waals surface area contributed by atoms with Gasteiger partial charge in [0.25, 0.3) is 5.56 Å². The molecule has 164 valence electrons. The van der Waals surface area contributed by atoms with Gasteiger partial charge in [-0.25, -0.2) is 13.4 Å². The molecule has 0 spiro atoms. The molecule has 1 saturated heterocycles. The molecule has 1 aliphatic rings. The summed E-state index contributed by atoms with van der Waals surface area (Å²) in [4.78, 5) is 19.7. The van der Waals surface area contributed by atoms with Crippen molar-refractivity contribution in [1.29, 1.82) is 5.26 Å². The summed E-state index contributed by atoms with van der Waals surface area (Å²) in [5.41, 5.74) is 1.99. The Morgan fingerprint density at radius 2 is 1.78 bits per heavy atom. The Kier molecular flexibility index (Phi) is 5.85. The predicted octanol–water partition coefficient (Wildman–Crippen LogP) is 3.64. The number of aryl methyl sites for hydroxylation is 2. The Bertz CT molecular complexity index is 1410. The maximum atomic E-state index is 13.5. The van der Waals surface area contributed by atoms with Crippen molar-refractivity contribution in [2.75, 3.05) is 18.0 Å². The van der Waals surface area contributed by atoms with Crippen molar-refractivity contribution in [3.63, 3.8) is 0 Å². The molecule has 3 heterocycles. The van der Waals surface area contributed by atoms with Crippen LogP contribution in [0.3, 0.4) is 0 Å². The molecular formula is C24H24N4O3S. The molecule has 0 radical (unpaired) electrons. The molecule has 1 aromatic carbocycles. The molecule has 1 aliphatic heterocycles. The number of piperidine rings is 1. The van der Waals surface area contributed by atoms with Gasteiger partial charge in [0.1, 0.15) is 22.4 Å². The van der Waals surface area contributed by atoms with Crippen LogP contribution in [0.25, 0.3) is 11.7 Å². The van der Waals surface area contributed by atoms with Gasteiger partial charge in [0.05, 0.1) is 10.5 Å². The van der Waals surface area contributed by atoms with Gasteiger partial charge in [-0.15, -0.1) is 0 Å². The molecule has 0 N–H and O–H groups in total. The van der Waals surface area contributed by atoms with Crippen molar-refractivity contribution in [1.82, 2.24) is 9.38 Å². The van der Waals surface area contributed by atoms with Crippen molar-refractivity contribution < 1.29 is 8.42 Å².